The molecule has 0 aromatic heterocycles. The minimum Gasteiger partial charge on any atom is -0.380 e. The van der Waals surface area contributed by atoms with E-state index in [1.807, 2.05) is 0 Å². The van der Waals surface area contributed by atoms with Crippen molar-refractivity contribution in [3.63, 3.8) is 0 Å². The number of fused-ring (bicyclic) bond motifs is 1. The lowest BCUT2D eigenvalue weighted by Gasteiger charge is -2.38. The van der Waals surface area contributed by atoms with Crippen molar-refractivity contribution in [3.8, 4) is 0 Å². The van der Waals surface area contributed by atoms with E-state index in [0.29, 0.717) is 28.4 Å². The van der Waals surface area contributed by atoms with Gasteiger partial charge in [0, 0.05) is 23.4 Å². The molecule has 1 unspecified atom stereocenters. The van der Waals surface area contributed by atoms with Crippen LogP contribution in [-0.2, 0) is 11.3 Å². The summed E-state index contributed by atoms with van der Waals surface area (Å²) in [6, 6.07) is 9.98. The fourth-order valence-electron chi connectivity index (χ4n) is 3.02. The maximum Gasteiger partial charge on any atom is 0.406 e. The maximum atomic E-state index is 13.1. The van der Waals surface area contributed by atoms with Gasteiger partial charge in [-0.25, -0.2) is 4.79 Å². The maximum absolute atomic E-state index is 13.1. The molecule has 4 nitrogen and oxygen atoms in total. The summed E-state index contributed by atoms with van der Waals surface area (Å²) in [5.74, 6) is 0. The van der Waals surface area contributed by atoms with Crippen molar-refractivity contribution < 1.29 is 22.7 Å². The van der Waals surface area contributed by atoms with Crippen LogP contribution in [0.25, 0.3) is 0 Å². The summed E-state index contributed by atoms with van der Waals surface area (Å²) in [6.45, 7) is -0.977. The zero-order chi connectivity index (χ0) is 18.9. The number of methoxy groups -OCH3 is 1. The second-order valence-corrected chi connectivity index (χ2v) is 6.42. The van der Waals surface area contributed by atoms with Gasteiger partial charge in [-0.3, -0.25) is 0 Å². The van der Waals surface area contributed by atoms with Gasteiger partial charge in [-0.15, -0.1) is 0 Å². The lowest BCUT2D eigenvalue weighted by Crippen LogP contribution is -2.47. The van der Waals surface area contributed by atoms with Crippen LogP contribution in [0.15, 0.2) is 42.5 Å². The van der Waals surface area contributed by atoms with Crippen LogP contribution in [0.4, 0.5) is 23.7 Å². The van der Waals surface area contributed by atoms with E-state index in [0.717, 1.165) is 10.5 Å². The third-order valence-electron chi connectivity index (χ3n) is 4.08. The van der Waals surface area contributed by atoms with Crippen molar-refractivity contribution in [1.82, 2.24) is 4.90 Å². The van der Waals surface area contributed by atoms with E-state index in [1.165, 1.54) is 0 Å². The van der Waals surface area contributed by atoms with Crippen molar-refractivity contribution in [1.29, 1.82) is 0 Å². The third kappa shape index (κ3) is 3.94. The van der Waals surface area contributed by atoms with Gasteiger partial charge < -0.3 is 15.0 Å². The fourth-order valence-corrected chi connectivity index (χ4v) is 3.20. The van der Waals surface area contributed by atoms with E-state index in [2.05, 4.69) is 5.32 Å². The Bertz CT molecular complexity index is 809. The van der Waals surface area contributed by atoms with Crippen LogP contribution in [0.5, 0.6) is 0 Å². The molecule has 2 amide bonds. The number of benzene rings is 2. The van der Waals surface area contributed by atoms with Crippen LogP contribution in [0.2, 0.25) is 5.02 Å². The summed E-state index contributed by atoms with van der Waals surface area (Å²) in [6.07, 6.45) is -4.53. The summed E-state index contributed by atoms with van der Waals surface area (Å²) < 4.78 is 44.2. The van der Waals surface area contributed by atoms with Crippen molar-refractivity contribution in [2.75, 3.05) is 19.0 Å². The number of rotatable bonds is 4. The highest BCUT2D eigenvalue weighted by molar-refractivity contribution is 6.30. The van der Waals surface area contributed by atoms with Gasteiger partial charge in [0.25, 0.3) is 0 Å². The Balaban J connectivity index is 2.08. The van der Waals surface area contributed by atoms with Crippen molar-refractivity contribution in [3.05, 3.63) is 64.2 Å². The Morgan fingerprint density at radius 1 is 1.19 bits per heavy atom. The number of anilines is 1. The molecule has 1 atom stereocenters. The largest absolute Gasteiger partial charge is 0.406 e. The predicted octanol–water partition coefficient (Wildman–Crippen LogP) is 4.99. The molecule has 0 fully saturated rings. The van der Waals surface area contributed by atoms with Gasteiger partial charge in [-0.2, -0.15) is 13.2 Å². The molecule has 0 bridgehead atoms. The molecule has 3 rings (SSSR count). The third-order valence-corrected chi connectivity index (χ3v) is 4.31. The lowest BCUT2D eigenvalue weighted by molar-refractivity contribution is -0.142. The van der Waals surface area contributed by atoms with Gasteiger partial charge in [-0.1, -0.05) is 35.9 Å². The average Bonchev–Trinajstić information content (AvgIpc) is 2.56. The van der Waals surface area contributed by atoms with Gasteiger partial charge in [0.15, 0.2) is 0 Å². The van der Waals surface area contributed by atoms with Crippen LogP contribution >= 0.6 is 11.6 Å². The molecule has 0 spiro atoms. The number of hydrogen-bond donors (Lipinski definition) is 1. The minimum atomic E-state index is -4.53. The number of nitrogens with zero attached hydrogens (tertiary/aromatic N) is 1. The number of hydrogen-bond acceptors (Lipinski definition) is 2. The molecule has 138 valence electrons. The lowest BCUT2D eigenvalue weighted by atomic mass is 9.93. The molecule has 1 heterocycles. The van der Waals surface area contributed by atoms with E-state index in [9.17, 15) is 18.0 Å². The summed E-state index contributed by atoms with van der Waals surface area (Å²) in [5, 5.41) is 2.88. The first-order valence-electron chi connectivity index (χ1n) is 7.80. The number of urea groups is 1. The van der Waals surface area contributed by atoms with Crippen molar-refractivity contribution in [2.24, 2.45) is 0 Å². The Morgan fingerprint density at radius 3 is 2.50 bits per heavy atom. The quantitative estimate of drug-likeness (QED) is 0.807. The van der Waals surface area contributed by atoms with Gasteiger partial charge in [-0.05, 0) is 29.3 Å². The van der Waals surface area contributed by atoms with Crippen molar-refractivity contribution >= 4 is 23.3 Å². The van der Waals surface area contributed by atoms with Crippen molar-refractivity contribution in [2.45, 2.75) is 18.8 Å². The second-order valence-electron chi connectivity index (χ2n) is 5.98. The van der Waals surface area contributed by atoms with Gasteiger partial charge in [0.2, 0.25) is 0 Å². The first-order chi connectivity index (χ1) is 12.3. The molecule has 0 saturated carbocycles. The Labute approximate surface area is 153 Å². The van der Waals surface area contributed by atoms with Crippen LogP contribution in [0, 0.1) is 0 Å². The molecule has 0 saturated heterocycles. The highest BCUT2D eigenvalue weighted by Gasteiger charge is 2.41. The Hall–Kier alpha value is -2.25. The topological polar surface area (TPSA) is 41.6 Å². The van der Waals surface area contributed by atoms with Crippen LogP contribution in [-0.4, -0.2) is 30.8 Å². The molecule has 1 aliphatic heterocycles. The van der Waals surface area contributed by atoms with E-state index in [4.69, 9.17) is 16.3 Å². The zero-order valence-corrected chi connectivity index (χ0v) is 14.6. The molecule has 1 N–H and O–H groups in total. The highest BCUT2D eigenvalue weighted by atomic mass is 35.5. The minimum absolute atomic E-state index is 0.382. The molecule has 0 aliphatic carbocycles. The van der Waals surface area contributed by atoms with Gasteiger partial charge in [0.05, 0.1) is 12.6 Å². The number of carbonyl (C=O) groups is 1. The summed E-state index contributed by atoms with van der Waals surface area (Å²) in [7, 11) is 1.56. The second kappa shape index (κ2) is 7.17. The first kappa shape index (κ1) is 18.5. The fraction of sp³-hybridized carbons (Fsp3) is 0.278. The molecular formula is C18H16ClF3N2O2. The van der Waals surface area contributed by atoms with Gasteiger partial charge >= 0.3 is 12.2 Å². The van der Waals surface area contributed by atoms with E-state index in [-0.39, 0.29) is 0 Å². The van der Waals surface area contributed by atoms with Gasteiger partial charge in [0.1, 0.15) is 6.54 Å². The summed E-state index contributed by atoms with van der Waals surface area (Å²) in [4.78, 5) is 13.1. The van der Waals surface area contributed by atoms with Crippen LogP contribution < -0.4 is 5.32 Å². The molecule has 2 aromatic rings. The molecule has 1 aliphatic rings. The smallest absolute Gasteiger partial charge is 0.380 e. The summed E-state index contributed by atoms with van der Waals surface area (Å²) >= 11 is 6.04. The van der Waals surface area contributed by atoms with Crippen LogP contribution in [0.3, 0.4) is 0 Å². The van der Waals surface area contributed by atoms with Crippen LogP contribution in [0.1, 0.15) is 22.7 Å². The number of nitrogens with one attached hydrogen (secondary N) is 1. The number of halogens is 4. The number of alkyl halides is 3. The number of amides is 2. The monoisotopic (exact) mass is 384 g/mol. The standard InChI is InChI=1S/C18H16ClF3N2O2/c1-26-9-11-2-4-12(5-3-11)16-14-8-13(19)6-7-15(14)23-17(25)24(16)10-18(20,21)22/h2-8,16H,9-10H2,1H3,(H,23,25). The Morgan fingerprint density at radius 2 is 1.88 bits per heavy atom. The number of ether oxygens (including phenoxy) is 1. The molecule has 0 radical (unpaired) electrons. The summed E-state index contributed by atoms with van der Waals surface area (Å²) in [5.41, 5.74) is 2.40. The number of carbonyl (C=O) groups excluding carboxylic acids is 1. The predicted molar refractivity (Wildman–Crippen MR) is 92.2 cm³/mol. The first-order valence-corrected chi connectivity index (χ1v) is 8.18. The SMILES string of the molecule is COCc1ccc(C2c3cc(Cl)ccc3NC(=O)N2CC(F)(F)F)cc1. The molecule has 8 heteroatoms. The normalized spacial score (nSPS) is 17.0. The van der Waals surface area contributed by atoms with E-state index >= 15 is 0 Å². The van der Waals surface area contributed by atoms with E-state index < -0.39 is 24.8 Å². The Kier molecular flexibility index (Phi) is 5.11. The highest BCUT2D eigenvalue weighted by Crippen LogP contribution is 2.40. The molecule has 26 heavy (non-hydrogen) atoms. The zero-order valence-electron chi connectivity index (χ0n) is 13.8. The average molecular weight is 385 g/mol. The molecular weight excluding hydrogens is 369 g/mol. The molecule has 2 aromatic carbocycles. The van der Waals surface area contributed by atoms with E-state index in [1.54, 1.807) is 49.6 Å².